The van der Waals surface area contributed by atoms with Crippen LogP contribution in [0.3, 0.4) is 0 Å². The molecule has 1 aliphatic heterocycles. The van der Waals surface area contributed by atoms with E-state index < -0.39 is 12.2 Å². The molecule has 0 spiro atoms. The van der Waals surface area contributed by atoms with E-state index in [4.69, 9.17) is 9.72 Å². The van der Waals surface area contributed by atoms with Crippen LogP contribution in [0.5, 0.6) is 11.6 Å². The fourth-order valence-corrected chi connectivity index (χ4v) is 4.64. The maximum atomic E-state index is 12.5. The van der Waals surface area contributed by atoms with Crippen LogP contribution in [0.4, 0.5) is 24.7 Å². The number of anilines is 2. The van der Waals surface area contributed by atoms with Gasteiger partial charge >= 0.3 is 6.36 Å². The number of halogens is 3. The van der Waals surface area contributed by atoms with Gasteiger partial charge in [0.15, 0.2) is 5.82 Å². The minimum atomic E-state index is -4.77. The first kappa shape index (κ1) is 24.0. The van der Waals surface area contributed by atoms with E-state index in [0.717, 1.165) is 42.7 Å². The molecule has 0 aromatic carbocycles. The molecule has 0 unspecified atom stereocenters. The first-order valence-electron chi connectivity index (χ1n) is 11.3. The van der Waals surface area contributed by atoms with Gasteiger partial charge in [-0.05, 0) is 43.6 Å². The molecule has 1 amide bonds. The molecule has 2 aromatic heterocycles. The smallest absolute Gasteiger partial charge is 0.492 e. The van der Waals surface area contributed by atoms with Crippen LogP contribution < -0.4 is 19.7 Å². The zero-order valence-corrected chi connectivity index (χ0v) is 19.5. The Morgan fingerprint density at radius 2 is 1.94 bits per heavy atom. The summed E-state index contributed by atoms with van der Waals surface area (Å²) in [4.78, 5) is 27.4. The maximum Gasteiger partial charge on any atom is 0.574 e. The average Bonchev–Trinajstić information content (AvgIpc) is 2.70. The highest BCUT2D eigenvalue weighted by atomic mass is 19.4. The lowest BCUT2D eigenvalue weighted by atomic mass is 9.73. The summed E-state index contributed by atoms with van der Waals surface area (Å²) in [7, 11) is 1.89. The number of hydrogen-bond donors (Lipinski definition) is 1. The van der Waals surface area contributed by atoms with Crippen molar-refractivity contribution >= 4 is 17.4 Å². The first-order chi connectivity index (χ1) is 16.0. The number of nitrogens with one attached hydrogen (secondary N) is 1. The number of likely N-dealkylation sites (N-methyl/N-ethyl adjacent to an activating group) is 1. The zero-order valence-electron chi connectivity index (χ0n) is 19.5. The second-order valence-corrected chi connectivity index (χ2v) is 9.31. The molecule has 0 bridgehead atoms. The number of nitrogens with zero attached hydrogens (tertiary/aromatic N) is 4. The third-order valence-electron chi connectivity index (χ3n) is 6.24. The average molecular weight is 480 g/mol. The van der Waals surface area contributed by atoms with E-state index in [1.165, 1.54) is 12.3 Å². The van der Waals surface area contributed by atoms with Crippen LogP contribution in [0.25, 0.3) is 0 Å². The molecule has 1 aliphatic carbocycles. The molecule has 1 N–H and O–H groups in total. The number of hydrogen-bond acceptors (Lipinski definition) is 7. The number of pyridine rings is 1. The molecule has 0 saturated heterocycles. The highest BCUT2D eigenvalue weighted by molar-refractivity contribution is 6.03. The summed E-state index contributed by atoms with van der Waals surface area (Å²) in [6.07, 6.45) is -0.909. The normalized spacial score (nSPS) is 22.2. The number of fused-ring (bicyclic) bond motifs is 1. The van der Waals surface area contributed by atoms with Crippen LogP contribution in [0, 0.1) is 24.7 Å². The van der Waals surface area contributed by atoms with Crippen molar-refractivity contribution in [3.05, 3.63) is 29.8 Å². The van der Waals surface area contributed by atoms with Gasteiger partial charge in [-0.1, -0.05) is 13.8 Å². The van der Waals surface area contributed by atoms with Crippen LogP contribution in [-0.4, -0.2) is 46.9 Å². The van der Waals surface area contributed by atoms with E-state index in [-0.39, 0.29) is 17.9 Å². The number of carbonyl (C=O) groups is 1. The molecule has 11 heteroatoms. The zero-order chi connectivity index (χ0) is 24.6. The third kappa shape index (κ3) is 5.34. The SMILES string of the molecule is Cc1nc(CC2CC(COc3ccc(OC(F)(F)F)nc3)C2)nc2c1NC(=O)[C@H](C(C)C)N2C. The van der Waals surface area contributed by atoms with E-state index >= 15 is 0 Å². The van der Waals surface area contributed by atoms with Crippen LogP contribution in [-0.2, 0) is 11.2 Å². The van der Waals surface area contributed by atoms with Crippen molar-refractivity contribution < 1.29 is 27.4 Å². The van der Waals surface area contributed by atoms with E-state index in [2.05, 4.69) is 20.0 Å². The van der Waals surface area contributed by atoms with Crippen LogP contribution in [0.2, 0.25) is 0 Å². The summed E-state index contributed by atoms with van der Waals surface area (Å²) in [5, 5.41) is 2.96. The lowest BCUT2D eigenvalue weighted by molar-refractivity contribution is -0.276. The second kappa shape index (κ2) is 9.27. The quantitative estimate of drug-likeness (QED) is 0.638. The van der Waals surface area contributed by atoms with Gasteiger partial charge < -0.3 is 19.7 Å². The van der Waals surface area contributed by atoms with Crippen molar-refractivity contribution in [2.24, 2.45) is 17.8 Å². The van der Waals surface area contributed by atoms with Crippen LogP contribution in [0.15, 0.2) is 18.3 Å². The van der Waals surface area contributed by atoms with Gasteiger partial charge in [0.05, 0.1) is 18.5 Å². The van der Waals surface area contributed by atoms with Gasteiger partial charge in [0.1, 0.15) is 23.3 Å². The summed E-state index contributed by atoms with van der Waals surface area (Å²) >= 11 is 0. The van der Waals surface area contributed by atoms with E-state index in [0.29, 0.717) is 29.9 Å². The highest BCUT2D eigenvalue weighted by Crippen LogP contribution is 2.38. The fourth-order valence-electron chi connectivity index (χ4n) is 4.64. The fraction of sp³-hybridized carbons (Fsp3) is 0.565. The minimum Gasteiger partial charge on any atom is -0.492 e. The standard InChI is InChI=1S/C23H28F3N5O3/c1-12(2)20-22(32)30-19-13(3)28-17(29-21(19)31(20)4)9-14-7-15(8-14)11-33-16-5-6-18(27-10-16)34-23(24,25)26/h5-6,10,12,14-15,20H,7-9,11H2,1-4H3,(H,30,32)/t14?,15?,20-/m0/s1. The largest absolute Gasteiger partial charge is 0.574 e. The Morgan fingerprint density at radius 1 is 1.21 bits per heavy atom. The van der Waals surface area contributed by atoms with E-state index in [1.807, 2.05) is 32.7 Å². The Balaban J connectivity index is 1.29. The van der Waals surface area contributed by atoms with Crippen molar-refractivity contribution in [3.63, 3.8) is 0 Å². The number of aryl methyl sites for hydroxylation is 1. The molecule has 2 aromatic rings. The molecule has 1 fully saturated rings. The second-order valence-electron chi connectivity index (χ2n) is 9.31. The van der Waals surface area contributed by atoms with Crippen LogP contribution >= 0.6 is 0 Å². The molecule has 1 saturated carbocycles. The third-order valence-corrected chi connectivity index (χ3v) is 6.24. The Kier molecular flexibility index (Phi) is 6.55. The van der Waals surface area contributed by atoms with Crippen molar-refractivity contribution in [2.45, 2.75) is 52.4 Å². The number of aromatic nitrogens is 3. The minimum absolute atomic E-state index is 0.0380. The highest BCUT2D eigenvalue weighted by Gasteiger charge is 2.36. The molecule has 8 nitrogen and oxygen atoms in total. The number of rotatable bonds is 7. The van der Waals surface area contributed by atoms with Gasteiger partial charge in [0, 0.05) is 19.5 Å². The Labute approximate surface area is 195 Å². The van der Waals surface area contributed by atoms with E-state index in [9.17, 15) is 18.0 Å². The van der Waals surface area contributed by atoms with Gasteiger partial charge in [-0.3, -0.25) is 4.79 Å². The van der Waals surface area contributed by atoms with Gasteiger partial charge in [0.25, 0.3) is 0 Å². The summed E-state index contributed by atoms with van der Waals surface area (Å²) in [6.45, 7) is 6.37. The molecule has 34 heavy (non-hydrogen) atoms. The summed E-state index contributed by atoms with van der Waals surface area (Å²) in [5.41, 5.74) is 1.43. The lowest BCUT2D eigenvalue weighted by Gasteiger charge is -2.38. The van der Waals surface area contributed by atoms with Crippen molar-refractivity contribution in [2.75, 3.05) is 23.9 Å². The number of amides is 1. The van der Waals surface area contributed by atoms with Gasteiger partial charge in [-0.15, -0.1) is 13.2 Å². The topological polar surface area (TPSA) is 89.5 Å². The van der Waals surface area contributed by atoms with Crippen molar-refractivity contribution in [1.82, 2.24) is 15.0 Å². The van der Waals surface area contributed by atoms with Gasteiger partial charge in [0.2, 0.25) is 11.8 Å². The molecule has 4 rings (SSSR count). The molecule has 0 radical (unpaired) electrons. The number of carbonyl (C=O) groups excluding carboxylic acids is 1. The number of ether oxygens (including phenoxy) is 2. The summed E-state index contributed by atoms with van der Waals surface area (Å²) in [5.74, 6) is 2.28. The Bertz CT molecular complexity index is 1040. The molecule has 3 heterocycles. The Hall–Kier alpha value is -3.11. The van der Waals surface area contributed by atoms with Crippen molar-refractivity contribution in [3.8, 4) is 11.6 Å². The molecular weight excluding hydrogens is 451 g/mol. The molecule has 1 atom stereocenters. The predicted molar refractivity (Wildman–Crippen MR) is 119 cm³/mol. The van der Waals surface area contributed by atoms with Crippen molar-refractivity contribution in [1.29, 1.82) is 0 Å². The van der Waals surface area contributed by atoms with Gasteiger partial charge in [-0.25, -0.2) is 15.0 Å². The molecular formula is C23H28F3N5O3. The predicted octanol–water partition coefficient (Wildman–Crippen LogP) is 4.14. The lowest BCUT2D eigenvalue weighted by Crippen LogP contribution is -2.49. The number of alkyl halides is 3. The van der Waals surface area contributed by atoms with Gasteiger partial charge in [-0.2, -0.15) is 0 Å². The first-order valence-corrected chi connectivity index (χ1v) is 11.3. The van der Waals surface area contributed by atoms with E-state index in [1.54, 1.807) is 0 Å². The maximum absolute atomic E-state index is 12.5. The Morgan fingerprint density at radius 3 is 2.56 bits per heavy atom. The monoisotopic (exact) mass is 479 g/mol. The molecule has 2 aliphatic rings. The molecule has 184 valence electrons. The summed E-state index contributed by atoms with van der Waals surface area (Å²) in [6, 6.07) is 2.27. The summed E-state index contributed by atoms with van der Waals surface area (Å²) < 4.78 is 46.1. The van der Waals surface area contributed by atoms with Crippen LogP contribution in [0.1, 0.15) is 38.2 Å².